The Labute approximate surface area is 165 Å². The van der Waals surface area contributed by atoms with Crippen LogP contribution < -0.4 is 0 Å². The van der Waals surface area contributed by atoms with E-state index in [4.69, 9.17) is 4.42 Å². The monoisotopic (exact) mass is 375 g/mol. The average molecular weight is 375 g/mol. The number of fused-ring (bicyclic) bond motifs is 1. The van der Waals surface area contributed by atoms with Crippen LogP contribution in [0.15, 0.2) is 59.0 Å². The second kappa shape index (κ2) is 7.63. The number of carbonyl (C=O) groups is 2. The number of hydrogen-bond acceptors (Lipinski definition) is 3. The minimum Gasteiger partial charge on any atom is -0.464 e. The summed E-state index contributed by atoms with van der Waals surface area (Å²) in [5, 5.41) is 2.14. The highest BCUT2D eigenvalue weighted by molar-refractivity contribution is 6.01. The maximum atomic E-state index is 12.5. The Bertz CT molecular complexity index is 1020. The first-order chi connectivity index (χ1) is 13.5. The van der Waals surface area contributed by atoms with Gasteiger partial charge in [-0.2, -0.15) is 0 Å². The Morgan fingerprint density at radius 2 is 1.79 bits per heavy atom. The number of benzene rings is 2. The van der Waals surface area contributed by atoms with Crippen molar-refractivity contribution in [2.24, 2.45) is 5.92 Å². The van der Waals surface area contributed by atoms with Crippen LogP contribution in [-0.2, 0) is 11.3 Å². The average Bonchev–Trinajstić information content (AvgIpc) is 3.26. The van der Waals surface area contributed by atoms with Crippen molar-refractivity contribution in [3.63, 3.8) is 0 Å². The fourth-order valence-electron chi connectivity index (χ4n) is 3.64. The molecule has 0 N–H and O–H groups in total. The number of rotatable bonds is 7. The predicted octanol–water partition coefficient (Wildman–Crippen LogP) is 5.18. The quantitative estimate of drug-likeness (QED) is 0.535. The molecule has 2 atom stereocenters. The van der Waals surface area contributed by atoms with Gasteiger partial charge in [-0.3, -0.25) is 9.59 Å². The number of Topliss-reactive ketones (excluding diaryl/α,β-unsaturated/α-hetero) is 1. The Hall–Kier alpha value is -2.88. The van der Waals surface area contributed by atoms with Crippen molar-refractivity contribution >= 4 is 22.5 Å². The van der Waals surface area contributed by atoms with E-state index in [2.05, 4.69) is 6.92 Å². The molecule has 28 heavy (non-hydrogen) atoms. The number of amides is 1. The fraction of sp³-hybridized carbons (Fsp3) is 0.333. The summed E-state index contributed by atoms with van der Waals surface area (Å²) in [6, 6.07) is 17.6. The van der Waals surface area contributed by atoms with Gasteiger partial charge >= 0.3 is 0 Å². The van der Waals surface area contributed by atoms with Crippen LogP contribution in [0.5, 0.6) is 0 Å². The van der Waals surface area contributed by atoms with Crippen molar-refractivity contribution in [2.75, 3.05) is 7.05 Å². The SMILES string of the molecule is C[C@@H]1C[C@H]1c1ccc(CN(C)C(=O)CCC(=O)c2ccc3ccccc3c2)o1. The summed E-state index contributed by atoms with van der Waals surface area (Å²) in [4.78, 5) is 26.6. The first-order valence-corrected chi connectivity index (χ1v) is 9.86. The molecule has 0 spiro atoms. The normalized spacial score (nSPS) is 18.2. The third kappa shape index (κ3) is 4.01. The summed E-state index contributed by atoms with van der Waals surface area (Å²) >= 11 is 0. The van der Waals surface area contributed by atoms with E-state index in [1.165, 1.54) is 6.42 Å². The van der Waals surface area contributed by atoms with Crippen LogP contribution in [0.3, 0.4) is 0 Å². The van der Waals surface area contributed by atoms with Gasteiger partial charge in [0.1, 0.15) is 11.5 Å². The molecule has 0 aliphatic heterocycles. The van der Waals surface area contributed by atoms with Crippen LogP contribution in [0.1, 0.15) is 54.0 Å². The number of nitrogens with zero attached hydrogens (tertiary/aromatic N) is 1. The standard InChI is InChI=1S/C24H25NO3/c1-16-13-21(16)23-11-9-20(28-23)15-25(2)24(27)12-10-22(26)19-8-7-17-5-3-4-6-18(17)14-19/h3-9,11,14,16,21H,10,12-13,15H2,1-2H3/t16-,21-/m1/s1. The number of ketones is 1. The lowest BCUT2D eigenvalue weighted by molar-refractivity contribution is -0.130. The van der Waals surface area contributed by atoms with E-state index in [1.807, 2.05) is 54.6 Å². The molecule has 1 amide bonds. The summed E-state index contributed by atoms with van der Waals surface area (Å²) in [5.74, 6) is 3.00. The van der Waals surface area contributed by atoms with E-state index in [0.717, 1.165) is 22.3 Å². The smallest absolute Gasteiger partial charge is 0.223 e. The molecule has 4 heteroatoms. The van der Waals surface area contributed by atoms with E-state index >= 15 is 0 Å². The van der Waals surface area contributed by atoms with E-state index in [1.54, 1.807) is 11.9 Å². The molecule has 2 aromatic carbocycles. The first kappa shape index (κ1) is 18.5. The van der Waals surface area contributed by atoms with Gasteiger partial charge in [0, 0.05) is 31.4 Å². The second-order valence-electron chi connectivity index (χ2n) is 7.86. The summed E-state index contributed by atoms with van der Waals surface area (Å²) in [7, 11) is 1.75. The predicted molar refractivity (Wildman–Crippen MR) is 109 cm³/mol. The third-order valence-electron chi connectivity index (χ3n) is 5.61. The highest BCUT2D eigenvalue weighted by Crippen LogP contribution is 2.47. The van der Waals surface area contributed by atoms with Crippen LogP contribution in [0.4, 0.5) is 0 Å². The Balaban J connectivity index is 1.31. The fourth-order valence-corrected chi connectivity index (χ4v) is 3.64. The van der Waals surface area contributed by atoms with Crippen LogP contribution in [0, 0.1) is 5.92 Å². The molecule has 4 rings (SSSR count). The van der Waals surface area contributed by atoms with Crippen molar-refractivity contribution in [2.45, 2.75) is 38.6 Å². The molecular formula is C24H25NO3. The molecule has 1 saturated carbocycles. The van der Waals surface area contributed by atoms with E-state index in [0.29, 0.717) is 23.9 Å². The minimum atomic E-state index is -0.0492. The van der Waals surface area contributed by atoms with Crippen LogP contribution in [0.2, 0.25) is 0 Å². The summed E-state index contributed by atoms with van der Waals surface area (Å²) in [6.07, 6.45) is 1.60. The van der Waals surface area contributed by atoms with Gasteiger partial charge in [0.2, 0.25) is 5.91 Å². The summed E-state index contributed by atoms with van der Waals surface area (Å²) < 4.78 is 5.87. The number of furan rings is 1. The van der Waals surface area contributed by atoms with Crippen molar-refractivity contribution in [3.8, 4) is 0 Å². The highest BCUT2D eigenvalue weighted by atomic mass is 16.3. The lowest BCUT2D eigenvalue weighted by atomic mass is 10.0. The van der Waals surface area contributed by atoms with Crippen molar-refractivity contribution < 1.29 is 14.0 Å². The highest BCUT2D eigenvalue weighted by Gasteiger charge is 2.36. The van der Waals surface area contributed by atoms with Gasteiger partial charge in [0.25, 0.3) is 0 Å². The first-order valence-electron chi connectivity index (χ1n) is 9.86. The number of hydrogen-bond donors (Lipinski definition) is 0. The number of carbonyl (C=O) groups excluding carboxylic acids is 2. The van der Waals surface area contributed by atoms with Gasteiger partial charge in [-0.15, -0.1) is 0 Å². The molecule has 0 unspecified atom stereocenters. The molecule has 1 heterocycles. The van der Waals surface area contributed by atoms with Crippen LogP contribution in [0.25, 0.3) is 10.8 Å². The Kier molecular flexibility index (Phi) is 5.03. The largest absolute Gasteiger partial charge is 0.464 e. The molecule has 1 fully saturated rings. The second-order valence-corrected chi connectivity index (χ2v) is 7.86. The van der Waals surface area contributed by atoms with Gasteiger partial charge in [-0.1, -0.05) is 43.3 Å². The van der Waals surface area contributed by atoms with E-state index < -0.39 is 0 Å². The van der Waals surface area contributed by atoms with Crippen molar-refractivity contribution in [1.29, 1.82) is 0 Å². The third-order valence-corrected chi connectivity index (χ3v) is 5.61. The Morgan fingerprint density at radius 3 is 2.54 bits per heavy atom. The van der Waals surface area contributed by atoms with Crippen LogP contribution in [-0.4, -0.2) is 23.6 Å². The molecule has 4 nitrogen and oxygen atoms in total. The zero-order chi connectivity index (χ0) is 19.7. The minimum absolute atomic E-state index is 0.00416. The van der Waals surface area contributed by atoms with Gasteiger partial charge < -0.3 is 9.32 Å². The van der Waals surface area contributed by atoms with Gasteiger partial charge in [-0.05, 0) is 41.3 Å². The molecule has 1 aromatic heterocycles. The molecular weight excluding hydrogens is 350 g/mol. The topological polar surface area (TPSA) is 50.5 Å². The maximum absolute atomic E-state index is 12.5. The molecule has 1 aliphatic rings. The molecule has 0 saturated heterocycles. The zero-order valence-corrected chi connectivity index (χ0v) is 16.4. The Morgan fingerprint density at radius 1 is 1.04 bits per heavy atom. The van der Waals surface area contributed by atoms with Crippen molar-refractivity contribution in [1.82, 2.24) is 4.90 Å². The zero-order valence-electron chi connectivity index (χ0n) is 16.4. The molecule has 0 bridgehead atoms. The molecule has 144 valence electrons. The molecule has 3 aromatic rings. The van der Waals surface area contributed by atoms with Gasteiger partial charge in [0.05, 0.1) is 6.54 Å². The molecule has 1 aliphatic carbocycles. The lowest BCUT2D eigenvalue weighted by Gasteiger charge is -2.15. The summed E-state index contributed by atoms with van der Waals surface area (Å²) in [5.41, 5.74) is 0.656. The van der Waals surface area contributed by atoms with Gasteiger partial charge in [-0.25, -0.2) is 0 Å². The van der Waals surface area contributed by atoms with Gasteiger partial charge in [0.15, 0.2) is 5.78 Å². The maximum Gasteiger partial charge on any atom is 0.223 e. The van der Waals surface area contributed by atoms with Crippen LogP contribution >= 0.6 is 0 Å². The lowest BCUT2D eigenvalue weighted by Crippen LogP contribution is -2.26. The summed E-state index contributed by atoms with van der Waals surface area (Å²) in [6.45, 7) is 2.65. The van der Waals surface area contributed by atoms with Crippen molar-refractivity contribution in [3.05, 3.63) is 71.7 Å². The van der Waals surface area contributed by atoms with E-state index in [-0.39, 0.29) is 24.5 Å². The molecule has 0 radical (unpaired) electrons. The van der Waals surface area contributed by atoms with E-state index in [9.17, 15) is 9.59 Å².